The Hall–Kier alpha value is -4.50. The molecule has 0 atom stereocenters. The number of para-hydroxylation sites is 1. The van der Waals surface area contributed by atoms with Crippen molar-refractivity contribution in [3.63, 3.8) is 0 Å². The first-order chi connectivity index (χ1) is 16.1. The normalized spacial score (nSPS) is 10.8. The first kappa shape index (κ1) is 20.4. The van der Waals surface area contributed by atoms with Gasteiger partial charge in [-0.3, -0.25) is 9.59 Å². The topological polar surface area (TPSA) is 128 Å². The third kappa shape index (κ3) is 4.17. The highest BCUT2D eigenvalue weighted by atomic mass is 35.5. The molecular weight excluding hydrogens is 442 g/mol. The lowest BCUT2D eigenvalue weighted by atomic mass is 10.1. The number of aromatic amines is 2. The number of carbonyl (C=O) groups is 2. The van der Waals surface area contributed by atoms with Crippen LogP contribution in [0, 0.1) is 0 Å². The second-order valence-corrected chi connectivity index (χ2v) is 7.59. The smallest absolute Gasteiger partial charge is 0.272 e. The minimum absolute atomic E-state index is 0.241. The van der Waals surface area contributed by atoms with E-state index in [4.69, 9.17) is 11.6 Å². The zero-order chi connectivity index (χ0) is 22.8. The molecule has 3 aromatic carbocycles. The van der Waals surface area contributed by atoms with Gasteiger partial charge >= 0.3 is 0 Å². The summed E-state index contributed by atoms with van der Waals surface area (Å²) in [6.07, 6.45) is 0. The molecule has 2 heterocycles. The van der Waals surface area contributed by atoms with E-state index in [9.17, 15) is 9.59 Å². The van der Waals surface area contributed by atoms with Crippen molar-refractivity contribution in [2.24, 2.45) is 0 Å². The second-order valence-electron chi connectivity index (χ2n) is 7.15. The van der Waals surface area contributed by atoms with E-state index in [1.54, 1.807) is 54.6 Å². The summed E-state index contributed by atoms with van der Waals surface area (Å²) >= 11 is 6.10. The third-order valence-corrected chi connectivity index (χ3v) is 5.24. The zero-order valence-electron chi connectivity index (χ0n) is 17.0. The molecule has 2 amide bonds. The van der Waals surface area contributed by atoms with Gasteiger partial charge in [0.25, 0.3) is 11.8 Å². The van der Waals surface area contributed by atoms with Crippen molar-refractivity contribution < 1.29 is 9.59 Å². The van der Waals surface area contributed by atoms with Gasteiger partial charge in [0.05, 0.1) is 16.9 Å². The van der Waals surface area contributed by atoms with Crippen molar-refractivity contribution in [3.8, 4) is 11.4 Å². The van der Waals surface area contributed by atoms with Crippen molar-refractivity contribution in [3.05, 3.63) is 89.1 Å². The second kappa shape index (κ2) is 8.56. The van der Waals surface area contributed by atoms with Crippen LogP contribution in [0.3, 0.4) is 0 Å². The fourth-order valence-corrected chi connectivity index (χ4v) is 3.61. The van der Waals surface area contributed by atoms with E-state index in [1.165, 1.54) is 0 Å². The summed E-state index contributed by atoms with van der Waals surface area (Å²) in [5.74, 6) is -0.316. The van der Waals surface area contributed by atoms with Gasteiger partial charge in [-0.05, 0) is 47.7 Å². The summed E-state index contributed by atoms with van der Waals surface area (Å²) in [5.41, 5.74) is 3.07. The molecule has 10 heteroatoms. The van der Waals surface area contributed by atoms with Gasteiger partial charge < -0.3 is 15.6 Å². The van der Waals surface area contributed by atoms with E-state index in [-0.39, 0.29) is 11.8 Å². The maximum Gasteiger partial charge on any atom is 0.272 e. The van der Waals surface area contributed by atoms with Gasteiger partial charge in [0.2, 0.25) is 5.82 Å². The highest BCUT2D eigenvalue weighted by molar-refractivity contribution is 6.31. The first-order valence-corrected chi connectivity index (χ1v) is 10.3. The monoisotopic (exact) mass is 457 g/mol. The Morgan fingerprint density at radius 2 is 1.67 bits per heavy atom. The number of hydrogen-bond acceptors (Lipinski definition) is 5. The molecule has 0 radical (unpaired) electrons. The number of benzene rings is 3. The Balaban J connectivity index is 1.43. The Kier molecular flexibility index (Phi) is 5.29. The van der Waals surface area contributed by atoms with Crippen LogP contribution in [-0.2, 0) is 0 Å². The van der Waals surface area contributed by atoms with Gasteiger partial charge in [-0.2, -0.15) is 5.21 Å². The van der Waals surface area contributed by atoms with Gasteiger partial charge in [0, 0.05) is 21.5 Å². The van der Waals surface area contributed by atoms with Crippen LogP contribution in [0.5, 0.6) is 0 Å². The van der Waals surface area contributed by atoms with Crippen LogP contribution in [0.25, 0.3) is 22.3 Å². The molecule has 0 aliphatic rings. The van der Waals surface area contributed by atoms with E-state index in [2.05, 4.69) is 36.2 Å². The summed E-state index contributed by atoms with van der Waals surface area (Å²) < 4.78 is 0. The first-order valence-electron chi connectivity index (χ1n) is 9.91. The summed E-state index contributed by atoms with van der Waals surface area (Å²) in [6.45, 7) is 0. The summed E-state index contributed by atoms with van der Waals surface area (Å²) in [5, 5.41) is 20.9. The molecule has 0 saturated carbocycles. The number of carbonyl (C=O) groups excluding carboxylic acids is 2. The lowest BCUT2D eigenvalue weighted by Crippen LogP contribution is -2.13. The fourth-order valence-electron chi connectivity index (χ4n) is 3.44. The Labute approximate surface area is 192 Å². The van der Waals surface area contributed by atoms with E-state index in [0.29, 0.717) is 44.6 Å². The van der Waals surface area contributed by atoms with E-state index >= 15 is 0 Å². The molecule has 0 saturated heterocycles. The van der Waals surface area contributed by atoms with Crippen molar-refractivity contribution in [2.75, 3.05) is 10.6 Å². The average Bonchev–Trinajstić information content (AvgIpc) is 3.51. The molecule has 162 valence electrons. The molecule has 9 nitrogen and oxygen atoms in total. The SMILES string of the molecule is O=C(Nc1cccc2cc(C(=O)Nc3ccc(Cl)cc3-c3nn[nH]n3)[nH]c12)c1ccccc1. The molecule has 0 aliphatic heterocycles. The van der Waals surface area contributed by atoms with Crippen molar-refractivity contribution in [1.82, 2.24) is 25.6 Å². The molecule has 0 bridgehead atoms. The highest BCUT2D eigenvalue weighted by Crippen LogP contribution is 2.29. The Bertz CT molecular complexity index is 1460. The van der Waals surface area contributed by atoms with Crippen molar-refractivity contribution in [1.29, 1.82) is 0 Å². The quantitative estimate of drug-likeness (QED) is 0.309. The van der Waals surface area contributed by atoms with E-state index in [1.807, 2.05) is 18.2 Å². The van der Waals surface area contributed by atoms with Crippen LogP contribution in [0.2, 0.25) is 5.02 Å². The maximum atomic E-state index is 13.0. The number of H-pyrrole nitrogens is 2. The molecule has 0 unspecified atom stereocenters. The molecular formula is C23H16ClN7O2. The zero-order valence-corrected chi connectivity index (χ0v) is 17.7. The third-order valence-electron chi connectivity index (χ3n) is 5.00. The predicted molar refractivity (Wildman–Crippen MR) is 125 cm³/mol. The molecule has 0 spiro atoms. The molecule has 2 aromatic heterocycles. The number of aromatic nitrogens is 5. The standard InChI is InChI=1S/C23H16ClN7O2/c24-15-9-10-17(16(12-15)21-28-30-31-29-21)26-23(33)19-11-14-7-4-8-18(20(14)25-19)27-22(32)13-5-2-1-3-6-13/h1-12,25H,(H,26,33)(H,27,32)(H,28,29,30,31). The van der Waals surface area contributed by atoms with Gasteiger partial charge in [-0.1, -0.05) is 41.9 Å². The minimum atomic E-state index is -0.376. The van der Waals surface area contributed by atoms with Crippen LogP contribution < -0.4 is 10.6 Å². The number of nitrogens with one attached hydrogen (secondary N) is 4. The van der Waals surface area contributed by atoms with E-state index < -0.39 is 0 Å². The Morgan fingerprint density at radius 3 is 2.45 bits per heavy atom. The number of anilines is 2. The maximum absolute atomic E-state index is 13.0. The average molecular weight is 458 g/mol. The van der Waals surface area contributed by atoms with Crippen molar-refractivity contribution >= 4 is 45.7 Å². The van der Waals surface area contributed by atoms with Gasteiger partial charge in [0.15, 0.2) is 0 Å². The molecule has 0 fully saturated rings. The van der Waals surface area contributed by atoms with Crippen LogP contribution in [0.15, 0.2) is 72.8 Å². The fraction of sp³-hybridized carbons (Fsp3) is 0. The number of tetrazole rings is 1. The van der Waals surface area contributed by atoms with Crippen LogP contribution >= 0.6 is 11.6 Å². The lowest BCUT2D eigenvalue weighted by Gasteiger charge is -2.09. The number of hydrogen-bond donors (Lipinski definition) is 4. The summed E-state index contributed by atoms with van der Waals surface area (Å²) in [6, 6.07) is 21.0. The van der Waals surface area contributed by atoms with Crippen LogP contribution in [-0.4, -0.2) is 37.4 Å². The Morgan fingerprint density at radius 1 is 0.848 bits per heavy atom. The molecule has 5 rings (SSSR count). The highest BCUT2D eigenvalue weighted by Gasteiger charge is 2.17. The summed E-state index contributed by atoms with van der Waals surface area (Å²) in [4.78, 5) is 28.7. The van der Waals surface area contributed by atoms with Crippen LogP contribution in [0.4, 0.5) is 11.4 Å². The van der Waals surface area contributed by atoms with E-state index in [0.717, 1.165) is 5.39 Å². The lowest BCUT2D eigenvalue weighted by molar-refractivity contribution is 0.101. The number of nitrogens with zero attached hydrogens (tertiary/aromatic N) is 3. The molecule has 4 N–H and O–H groups in total. The number of amides is 2. The largest absolute Gasteiger partial charge is 0.349 e. The van der Waals surface area contributed by atoms with Gasteiger partial charge in [0.1, 0.15) is 5.69 Å². The molecule has 0 aliphatic carbocycles. The number of fused-ring (bicyclic) bond motifs is 1. The molecule has 5 aromatic rings. The predicted octanol–water partition coefficient (Wildman–Crippen LogP) is 4.51. The molecule has 33 heavy (non-hydrogen) atoms. The number of rotatable bonds is 5. The number of halogens is 1. The van der Waals surface area contributed by atoms with Gasteiger partial charge in [-0.25, -0.2) is 0 Å². The summed E-state index contributed by atoms with van der Waals surface area (Å²) in [7, 11) is 0. The van der Waals surface area contributed by atoms with Crippen molar-refractivity contribution in [2.45, 2.75) is 0 Å². The minimum Gasteiger partial charge on any atom is -0.349 e. The van der Waals surface area contributed by atoms with Crippen LogP contribution in [0.1, 0.15) is 20.8 Å². The van der Waals surface area contributed by atoms with Gasteiger partial charge in [-0.15, -0.1) is 10.2 Å².